The molecular weight excluding hydrogens is 381 g/mol. The fourth-order valence-electron chi connectivity index (χ4n) is 2.60. The average molecular weight is 409 g/mol. The molecule has 0 aliphatic rings. The Hall–Kier alpha value is -1.73. The Balaban J connectivity index is 1.79. The van der Waals surface area contributed by atoms with E-state index in [1.807, 2.05) is 24.3 Å². The topological polar surface area (TPSA) is 122 Å². The van der Waals surface area contributed by atoms with Crippen molar-refractivity contribution in [3.05, 3.63) is 65.2 Å². The fourth-order valence-corrected chi connectivity index (χ4v) is 3.02. The summed E-state index contributed by atoms with van der Waals surface area (Å²) >= 11 is 0. The molecule has 5 N–H and O–H groups in total. The Morgan fingerprint density at radius 2 is 1.57 bits per heavy atom. The molecule has 0 saturated heterocycles. The molecule has 2 aromatic rings. The summed E-state index contributed by atoms with van der Waals surface area (Å²) in [6.45, 7) is 1.78. The molecule has 0 spiro atoms. The van der Waals surface area contributed by atoms with Gasteiger partial charge >= 0.3 is 7.82 Å². The van der Waals surface area contributed by atoms with Crippen molar-refractivity contribution in [3.63, 3.8) is 0 Å². The van der Waals surface area contributed by atoms with E-state index in [1.54, 1.807) is 0 Å². The van der Waals surface area contributed by atoms with Gasteiger partial charge < -0.3 is 25.4 Å². The van der Waals surface area contributed by atoms with Crippen LogP contribution in [0.5, 0.6) is 5.75 Å². The molecule has 0 amide bonds. The lowest BCUT2D eigenvalue weighted by molar-refractivity contribution is 0.102. The van der Waals surface area contributed by atoms with E-state index < -0.39 is 26.6 Å². The van der Waals surface area contributed by atoms with E-state index >= 15 is 0 Å². The highest BCUT2D eigenvalue weighted by Gasteiger charge is 2.28. The summed E-state index contributed by atoms with van der Waals surface area (Å²) in [6, 6.07) is 15.9. The van der Waals surface area contributed by atoms with Crippen LogP contribution in [-0.2, 0) is 21.9 Å². The Morgan fingerprint density at radius 1 is 1.00 bits per heavy atom. The lowest BCUT2D eigenvalue weighted by atomic mass is 9.94. The third-order valence-corrected chi connectivity index (χ3v) is 4.92. The van der Waals surface area contributed by atoms with Crippen LogP contribution in [0.25, 0.3) is 0 Å². The van der Waals surface area contributed by atoms with Crippen LogP contribution in [0.3, 0.4) is 0 Å². The van der Waals surface area contributed by atoms with E-state index in [-0.39, 0.29) is 0 Å². The van der Waals surface area contributed by atoms with E-state index in [0.717, 1.165) is 17.7 Å². The van der Waals surface area contributed by atoms with Crippen LogP contribution < -0.4 is 10.5 Å². The van der Waals surface area contributed by atoms with Gasteiger partial charge in [0, 0.05) is 6.42 Å². The summed E-state index contributed by atoms with van der Waals surface area (Å²) in [6.07, 6.45) is 1.68. The van der Waals surface area contributed by atoms with Crippen molar-refractivity contribution in [2.75, 3.05) is 19.8 Å². The number of phosphoric ester groups is 1. The van der Waals surface area contributed by atoms with Crippen LogP contribution in [0, 0.1) is 6.92 Å². The van der Waals surface area contributed by atoms with E-state index in [0.29, 0.717) is 19.4 Å². The summed E-state index contributed by atoms with van der Waals surface area (Å²) in [5.74, 6) is 0.766. The molecule has 2 rings (SSSR count). The monoisotopic (exact) mass is 409 g/mol. The number of aliphatic hydroxyl groups is 1. The Bertz CT molecular complexity index is 774. The molecule has 0 aromatic heterocycles. The predicted octanol–water partition coefficient (Wildman–Crippen LogP) is 2.35. The highest BCUT2D eigenvalue weighted by atomic mass is 31.2. The molecule has 7 nitrogen and oxygen atoms in total. The van der Waals surface area contributed by atoms with Crippen LogP contribution in [0.1, 0.15) is 23.1 Å². The van der Waals surface area contributed by atoms with Gasteiger partial charge in [0.2, 0.25) is 0 Å². The van der Waals surface area contributed by atoms with Gasteiger partial charge in [0.25, 0.3) is 0 Å². The Kier molecular flexibility index (Phi) is 8.19. The van der Waals surface area contributed by atoms with Crippen molar-refractivity contribution >= 4 is 7.82 Å². The van der Waals surface area contributed by atoms with Gasteiger partial charge in [0.05, 0.1) is 25.4 Å². The first-order valence-electron chi connectivity index (χ1n) is 9.06. The average Bonchev–Trinajstić information content (AvgIpc) is 2.67. The first-order valence-corrected chi connectivity index (χ1v) is 10.6. The first-order chi connectivity index (χ1) is 13.2. The zero-order valence-electron chi connectivity index (χ0n) is 16.0. The summed E-state index contributed by atoms with van der Waals surface area (Å²) in [7, 11) is -4.62. The van der Waals surface area contributed by atoms with Gasteiger partial charge in [-0.2, -0.15) is 0 Å². The number of benzene rings is 2. The standard InChI is InChI=1S/C20H28NO6P/c1-16-2-4-18(5-3-16)11-13-26-19-8-6-17(7-9-19)10-12-20(21,14-22)15-27-28(23,24)25/h2-9,22H,10-15,21H2,1H3,(H2,23,24,25)/t20-/m1/s1. The normalized spacial score (nSPS) is 13.9. The zero-order valence-corrected chi connectivity index (χ0v) is 16.8. The Morgan fingerprint density at radius 3 is 2.14 bits per heavy atom. The van der Waals surface area contributed by atoms with Crippen LogP contribution in [0.15, 0.2) is 48.5 Å². The molecule has 1 atom stereocenters. The minimum Gasteiger partial charge on any atom is -0.493 e. The minimum atomic E-state index is -4.62. The molecule has 0 radical (unpaired) electrons. The maximum Gasteiger partial charge on any atom is 0.469 e. The van der Waals surface area contributed by atoms with Crippen LogP contribution >= 0.6 is 7.82 Å². The smallest absolute Gasteiger partial charge is 0.469 e. The van der Waals surface area contributed by atoms with Crippen molar-refractivity contribution in [2.45, 2.75) is 31.7 Å². The minimum absolute atomic E-state index is 0.317. The largest absolute Gasteiger partial charge is 0.493 e. The molecule has 2 aromatic carbocycles. The second kappa shape index (κ2) is 10.2. The number of phosphoric acid groups is 1. The van der Waals surface area contributed by atoms with Crippen molar-refractivity contribution in [2.24, 2.45) is 5.73 Å². The molecule has 0 fully saturated rings. The number of ether oxygens (including phenoxy) is 1. The number of aryl methyl sites for hydroxylation is 2. The summed E-state index contributed by atoms with van der Waals surface area (Å²) in [4.78, 5) is 17.6. The first kappa shape index (κ1) is 22.6. The molecule has 0 unspecified atom stereocenters. The molecule has 154 valence electrons. The van der Waals surface area contributed by atoms with Crippen molar-refractivity contribution < 1.29 is 28.7 Å². The molecule has 0 aliphatic heterocycles. The lowest BCUT2D eigenvalue weighted by Gasteiger charge is -2.27. The van der Waals surface area contributed by atoms with Crippen LogP contribution in [-0.4, -0.2) is 40.3 Å². The third-order valence-electron chi connectivity index (χ3n) is 4.45. The quantitative estimate of drug-likeness (QED) is 0.420. The highest BCUT2D eigenvalue weighted by Crippen LogP contribution is 2.36. The van der Waals surface area contributed by atoms with Gasteiger partial charge in [-0.15, -0.1) is 0 Å². The maximum atomic E-state index is 10.8. The highest BCUT2D eigenvalue weighted by molar-refractivity contribution is 7.46. The zero-order chi connectivity index (χ0) is 20.6. The van der Waals surface area contributed by atoms with Gasteiger partial charge in [-0.3, -0.25) is 4.52 Å². The van der Waals surface area contributed by atoms with Crippen molar-refractivity contribution in [3.8, 4) is 5.75 Å². The molecule has 8 heteroatoms. The van der Waals surface area contributed by atoms with E-state index in [9.17, 15) is 9.67 Å². The fraction of sp³-hybridized carbons (Fsp3) is 0.400. The summed E-state index contributed by atoms with van der Waals surface area (Å²) in [5.41, 5.74) is 8.19. The van der Waals surface area contributed by atoms with Crippen LogP contribution in [0.4, 0.5) is 0 Å². The van der Waals surface area contributed by atoms with Gasteiger partial charge in [0.1, 0.15) is 5.75 Å². The van der Waals surface area contributed by atoms with E-state index in [1.165, 1.54) is 11.1 Å². The number of nitrogens with two attached hydrogens (primary N) is 1. The molecule has 0 saturated carbocycles. The number of hydrogen-bond acceptors (Lipinski definition) is 5. The van der Waals surface area contributed by atoms with Gasteiger partial charge in [-0.1, -0.05) is 42.0 Å². The predicted molar refractivity (Wildman–Crippen MR) is 107 cm³/mol. The third kappa shape index (κ3) is 8.10. The number of aliphatic hydroxyl groups excluding tert-OH is 1. The molecule has 0 aliphatic carbocycles. The summed E-state index contributed by atoms with van der Waals surface area (Å²) in [5, 5.41) is 9.43. The van der Waals surface area contributed by atoms with E-state index in [2.05, 4.69) is 35.7 Å². The Labute approximate surface area is 165 Å². The second-order valence-corrected chi connectivity index (χ2v) is 8.25. The van der Waals surface area contributed by atoms with Gasteiger partial charge in [0.15, 0.2) is 0 Å². The SMILES string of the molecule is Cc1ccc(CCOc2ccc(CC[C@@](N)(CO)COP(=O)(O)O)cc2)cc1. The van der Waals surface area contributed by atoms with Crippen LogP contribution in [0.2, 0.25) is 0 Å². The van der Waals surface area contributed by atoms with Gasteiger partial charge in [-0.25, -0.2) is 4.57 Å². The molecule has 0 heterocycles. The van der Waals surface area contributed by atoms with Crippen molar-refractivity contribution in [1.82, 2.24) is 0 Å². The van der Waals surface area contributed by atoms with Crippen molar-refractivity contribution in [1.29, 1.82) is 0 Å². The number of hydrogen-bond donors (Lipinski definition) is 4. The number of rotatable bonds is 11. The maximum absolute atomic E-state index is 10.8. The molecule has 28 heavy (non-hydrogen) atoms. The lowest BCUT2D eigenvalue weighted by Crippen LogP contribution is -2.48. The van der Waals surface area contributed by atoms with Gasteiger partial charge in [-0.05, 0) is 43.0 Å². The second-order valence-electron chi connectivity index (χ2n) is 7.01. The molecule has 0 bridgehead atoms. The summed E-state index contributed by atoms with van der Waals surface area (Å²) < 4.78 is 21.0. The molecular formula is C20H28NO6P. The van der Waals surface area contributed by atoms with E-state index in [4.69, 9.17) is 20.3 Å².